The van der Waals surface area contributed by atoms with Gasteiger partial charge in [-0.2, -0.15) is 0 Å². The minimum atomic E-state index is -0.187. The Morgan fingerprint density at radius 1 is 1.09 bits per heavy atom. The number of imidazole rings is 1. The van der Waals surface area contributed by atoms with Crippen LogP contribution < -0.4 is 15.5 Å². The lowest BCUT2D eigenvalue weighted by Gasteiger charge is -2.38. The normalized spacial score (nSPS) is 19.1. The van der Waals surface area contributed by atoms with Gasteiger partial charge in [-0.25, -0.2) is 9.97 Å². The van der Waals surface area contributed by atoms with Crippen molar-refractivity contribution in [1.29, 1.82) is 0 Å². The van der Waals surface area contributed by atoms with Crippen LogP contribution in [0.25, 0.3) is 16.6 Å². The number of nitrogens with one attached hydrogen (secondary N) is 3. The molecule has 1 aliphatic rings. The van der Waals surface area contributed by atoms with Gasteiger partial charge in [-0.3, -0.25) is 4.79 Å². The molecular formula is C24H29N7O. The van der Waals surface area contributed by atoms with E-state index >= 15 is 0 Å². The zero-order valence-corrected chi connectivity index (χ0v) is 19.2. The summed E-state index contributed by atoms with van der Waals surface area (Å²) in [5.41, 5.74) is 6.13. The van der Waals surface area contributed by atoms with Crippen LogP contribution >= 0.6 is 0 Å². The zero-order chi connectivity index (χ0) is 22.6. The molecule has 8 heteroatoms. The highest BCUT2D eigenvalue weighted by Crippen LogP contribution is 2.32. The van der Waals surface area contributed by atoms with E-state index in [1.807, 2.05) is 37.4 Å². The van der Waals surface area contributed by atoms with Gasteiger partial charge in [-0.15, -0.1) is 0 Å². The van der Waals surface area contributed by atoms with Crippen LogP contribution in [0.4, 0.5) is 11.5 Å². The standard InChI is InChI=1S/C24H29N7O/c1-13-8-19-20(30-9-14(2)25-15(3)10-30)7-6-18(22(19)26-13)24(32)29-21-12-31-11-16(4)27-23(31)17(5)28-21/h6-8,11-12,14-15,25-26H,9-10H2,1-5H3,(H,29,32)/t14-,15+. The minimum Gasteiger partial charge on any atom is -0.368 e. The molecular weight excluding hydrogens is 402 g/mol. The van der Waals surface area contributed by atoms with E-state index in [-0.39, 0.29) is 5.91 Å². The Morgan fingerprint density at radius 3 is 2.59 bits per heavy atom. The number of piperazine rings is 1. The molecule has 0 saturated carbocycles. The van der Waals surface area contributed by atoms with Crippen molar-refractivity contribution < 1.29 is 4.79 Å². The summed E-state index contributed by atoms with van der Waals surface area (Å²) >= 11 is 0. The molecule has 3 N–H and O–H groups in total. The number of aromatic nitrogens is 4. The van der Waals surface area contributed by atoms with Crippen molar-refractivity contribution in [3.8, 4) is 0 Å². The van der Waals surface area contributed by atoms with Gasteiger partial charge in [0.25, 0.3) is 5.91 Å². The van der Waals surface area contributed by atoms with Crippen LogP contribution in [-0.4, -0.2) is 50.4 Å². The van der Waals surface area contributed by atoms with E-state index in [2.05, 4.69) is 56.5 Å². The first-order valence-corrected chi connectivity index (χ1v) is 11.1. The Bertz CT molecular complexity index is 1330. The molecule has 1 saturated heterocycles. The van der Waals surface area contributed by atoms with Gasteiger partial charge in [0, 0.05) is 48.1 Å². The molecule has 3 aromatic heterocycles. The summed E-state index contributed by atoms with van der Waals surface area (Å²) in [5.74, 6) is 0.316. The Balaban J connectivity index is 1.50. The van der Waals surface area contributed by atoms with Crippen LogP contribution in [-0.2, 0) is 0 Å². The molecule has 166 valence electrons. The first-order valence-electron chi connectivity index (χ1n) is 11.1. The number of amides is 1. The van der Waals surface area contributed by atoms with Gasteiger partial charge in [0.05, 0.1) is 28.7 Å². The van der Waals surface area contributed by atoms with Gasteiger partial charge in [0.15, 0.2) is 5.65 Å². The molecule has 8 nitrogen and oxygen atoms in total. The Kier molecular flexibility index (Phi) is 4.89. The monoisotopic (exact) mass is 431 g/mol. The molecule has 2 atom stereocenters. The summed E-state index contributed by atoms with van der Waals surface area (Å²) in [6.45, 7) is 12.1. The molecule has 5 rings (SSSR count). The van der Waals surface area contributed by atoms with E-state index < -0.39 is 0 Å². The predicted octanol–water partition coefficient (Wildman–Crippen LogP) is 3.57. The summed E-state index contributed by atoms with van der Waals surface area (Å²) in [4.78, 5) is 28.1. The highest BCUT2D eigenvalue weighted by Gasteiger charge is 2.24. The lowest BCUT2D eigenvalue weighted by atomic mass is 10.1. The molecule has 4 heterocycles. The van der Waals surface area contributed by atoms with Crippen molar-refractivity contribution in [1.82, 2.24) is 24.7 Å². The molecule has 0 bridgehead atoms. The third-order valence-electron chi connectivity index (χ3n) is 6.02. The number of nitrogens with zero attached hydrogens (tertiary/aromatic N) is 4. The predicted molar refractivity (Wildman–Crippen MR) is 128 cm³/mol. The second kappa shape index (κ2) is 7.63. The van der Waals surface area contributed by atoms with Crippen molar-refractivity contribution in [3.63, 3.8) is 0 Å². The van der Waals surface area contributed by atoms with E-state index in [0.29, 0.717) is 23.5 Å². The zero-order valence-electron chi connectivity index (χ0n) is 19.2. The van der Waals surface area contributed by atoms with Gasteiger partial charge in [-0.1, -0.05) is 0 Å². The van der Waals surface area contributed by atoms with Gasteiger partial charge in [0.2, 0.25) is 0 Å². The van der Waals surface area contributed by atoms with Crippen LogP contribution in [0.2, 0.25) is 0 Å². The highest BCUT2D eigenvalue weighted by molar-refractivity contribution is 6.14. The number of H-pyrrole nitrogens is 1. The molecule has 1 amide bonds. The Hall–Kier alpha value is -3.39. The fraction of sp³-hybridized carbons (Fsp3) is 0.375. The molecule has 0 aliphatic carbocycles. The molecule has 0 spiro atoms. The molecule has 4 aromatic rings. The smallest absolute Gasteiger partial charge is 0.258 e. The number of aryl methyl sites for hydroxylation is 3. The molecule has 1 aromatic carbocycles. The number of hydrogen-bond donors (Lipinski definition) is 3. The van der Waals surface area contributed by atoms with Crippen molar-refractivity contribution in [2.24, 2.45) is 0 Å². The maximum atomic E-state index is 13.3. The fourth-order valence-electron chi connectivity index (χ4n) is 4.84. The number of fused-ring (bicyclic) bond motifs is 2. The molecule has 32 heavy (non-hydrogen) atoms. The number of hydrogen-bond acceptors (Lipinski definition) is 5. The van der Waals surface area contributed by atoms with Crippen molar-refractivity contribution in [3.05, 3.63) is 53.2 Å². The first kappa shape index (κ1) is 20.5. The van der Waals surface area contributed by atoms with Gasteiger partial charge < -0.3 is 24.9 Å². The Morgan fingerprint density at radius 2 is 1.84 bits per heavy atom. The average Bonchev–Trinajstić information content (AvgIpc) is 3.28. The van der Waals surface area contributed by atoms with Crippen LogP contribution in [0.5, 0.6) is 0 Å². The van der Waals surface area contributed by atoms with Gasteiger partial charge >= 0.3 is 0 Å². The molecule has 0 unspecified atom stereocenters. The van der Waals surface area contributed by atoms with Crippen LogP contribution in [0.3, 0.4) is 0 Å². The lowest BCUT2D eigenvalue weighted by molar-refractivity contribution is 0.102. The van der Waals surface area contributed by atoms with E-state index in [1.165, 1.54) is 0 Å². The number of carbonyl (C=O) groups is 1. The third-order valence-corrected chi connectivity index (χ3v) is 6.02. The SMILES string of the molecule is Cc1cn2cc(NC(=O)c3ccc(N4C[C@@H](C)N[C@@H](C)C4)c4cc(C)[nH]c34)nc(C)c2n1. The topological polar surface area (TPSA) is 90.3 Å². The van der Waals surface area contributed by atoms with E-state index in [9.17, 15) is 4.79 Å². The third kappa shape index (κ3) is 3.60. The summed E-state index contributed by atoms with van der Waals surface area (Å²) in [6.07, 6.45) is 3.73. The average molecular weight is 432 g/mol. The van der Waals surface area contributed by atoms with Gasteiger partial charge in [-0.05, 0) is 52.8 Å². The number of aromatic amines is 1. The second-order valence-electron chi connectivity index (χ2n) is 9.03. The van der Waals surface area contributed by atoms with Crippen molar-refractivity contribution >= 4 is 34.0 Å². The van der Waals surface area contributed by atoms with Crippen LogP contribution in [0.15, 0.2) is 30.6 Å². The fourth-order valence-corrected chi connectivity index (χ4v) is 4.84. The van der Waals surface area contributed by atoms with Gasteiger partial charge in [0.1, 0.15) is 5.82 Å². The maximum absolute atomic E-state index is 13.3. The van der Waals surface area contributed by atoms with Crippen LogP contribution in [0, 0.1) is 20.8 Å². The minimum absolute atomic E-state index is 0.187. The van der Waals surface area contributed by atoms with E-state index in [0.717, 1.165) is 52.4 Å². The summed E-state index contributed by atoms with van der Waals surface area (Å²) < 4.78 is 1.90. The largest absolute Gasteiger partial charge is 0.368 e. The number of rotatable bonds is 3. The first-order chi connectivity index (χ1) is 15.3. The van der Waals surface area contributed by atoms with E-state index in [4.69, 9.17) is 0 Å². The van der Waals surface area contributed by atoms with E-state index in [1.54, 1.807) is 6.20 Å². The number of carbonyl (C=O) groups excluding carboxylic acids is 1. The molecule has 1 fully saturated rings. The highest BCUT2D eigenvalue weighted by atomic mass is 16.1. The summed E-state index contributed by atoms with van der Waals surface area (Å²) in [7, 11) is 0. The Labute approximate surface area is 187 Å². The second-order valence-corrected chi connectivity index (χ2v) is 9.03. The van der Waals surface area contributed by atoms with Crippen molar-refractivity contribution in [2.45, 2.75) is 46.7 Å². The summed E-state index contributed by atoms with van der Waals surface area (Å²) in [5, 5.41) is 7.62. The lowest BCUT2D eigenvalue weighted by Crippen LogP contribution is -2.54. The van der Waals surface area contributed by atoms with Crippen molar-refractivity contribution in [2.75, 3.05) is 23.3 Å². The molecule has 0 radical (unpaired) electrons. The van der Waals surface area contributed by atoms with Crippen LogP contribution in [0.1, 0.15) is 41.3 Å². The number of benzene rings is 1. The molecule has 1 aliphatic heterocycles. The maximum Gasteiger partial charge on any atom is 0.258 e. The summed E-state index contributed by atoms with van der Waals surface area (Å²) in [6, 6.07) is 6.92. The quantitative estimate of drug-likeness (QED) is 0.461. The number of anilines is 2.